The first-order valence-electron chi connectivity index (χ1n) is 37.6. The van der Waals surface area contributed by atoms with Crippen LogP contribution in [0.25, 0.3) is 11.2 Å². The summed E-state index contributed by atoms with van der Waals surface area (Å²) in [5.74, 6) is -21.2. The highest BCUT2D eigenvalue weighted by molar-refractivity contribution is 8.76. The van der Waals surface area contributed by atoms with E-state index in [9.17, 15) is 154 Å². The van der Waals surface area contributed by atoms with E-state index in [0.717, 1.165) is 28.5 Å². The smallest absolute Gasteiger partial charge is 0.327 e. The van der Waals surface area contributed by atoms with E-state index in [1.807, 2.05) is 0 Å². The second-order valence-corrected chi connectivity index (χ2v) is 30.4. The van der Waals surface area contributed by atoms with Gasteiger partial charge in [-0.15, -0.1) is 0 Å². The van der Waals surface area contributed by atoms with Crippen molar-refractivity contribution in [1.82, 2.24) is 57.2 Å². The third-order valence-electron chi connectivity index (χ3n) is 18.2. The van der Waals surface area contributed by atoms with Gasteiger partial charge in [0, 0.05) is 124 Å². The van der Waals surface area contributed by atoms with Crippen molar-refractivity contribution in [3.05, 3.63) is 41.7 Å². The number of nitrogens with one attached hydrogen (secondary N) is 8. The Labute approximate surface area is 692 Å². The van der Waals surface area contributed by atoms with Crippen LogP contribution in [0.2, 0.25) is 0 Å². The van der Waals surface area contributed by atoms with Gasteiger partial charge < -0.3 is 155 Å². The molecule has 2 aromatic heterocycles. The molecule has 2 heterocycles. The minimum absolute atomic E-state index is 0.0499. The minimum Gasteiger partial charge on any atom is -0.481 e. The Morgan fingerprint density at radius 1 is 0.483 bits per heavy atom. The number of aliphatic hydroxyl groups excluding tert-OH is 15. The lowest BCUT2D eigenvalue weighted by atomic mass is 9.89. The van der Waals surface area contributed by atoms with Gasteiger partial charge in [0.1, 0.15) is 73.4 Å². The average molecular weight is 1750 g/mol. The first-order valence-corrected chi connectivity index (χ1v) is 40.1. The number of nitrogens with two attached hydrogens (primary N) is 2. The van der Waals surface area contributed by atoms with Crippen molar-refractivity contribution in [2.45, 2.75) is 201 Å². The standard InChI is InChI=1S/C71H108N14O33S2/c1-33(89)21-35(6-13-51(98)76-26-45(92)58(106)61(109)48(95)29-86)67(113)81-40(11-16-54(101)102)43(90)22-36(7-14-52(99)77-27-46(93)59(107)62(110)49(96)30-87)68(114)82-41(12-17-55(103)104)44(91)23-37(8-15-53(100)78-28-47(94)60(108)63(111)50(97)31-88)69(115)83-42(70(116)117)32-120-119-20-19-118-56(105)3-2-18-74-66(112)34-4-9-38(10-5-34)75-24-39-25-79-65-57(80-39)64(72)84-71(73)85-65/h4-5,9-10,25,35-37,40-42,45-50,58-63,75,86-88,92-97,106-111H,2-3,6-8,11-24,26-32H2,1H3,(H,74,112)(H,76,98)(H,77,99)(H,78,100)(H,81,113)(H,82,114)(H,83,115)(H,101,102)(H,103,104)(H,116,117)(H4,72,73,79,84,85)/t35-,36-,37-,40+,41+,42+,45+,46+,47+,48-,49-,50-,58-,59-,60-,61-,62-,63-/m1/s1. The summed E-state index contributed by atoms with van der Waals surface area (Å²) in [4.78, 5) is 203. The summed E-state index contributed by atoms with van der Waals surface area (Å²) in [5.41, 5.74) is 13.5. The van der Waals surface area contributed by atoms with Gasteiger partial charge in [-0.25, -0.2) is 14.8 Å². The van der Waals surface area contributed by atoms with Crippen LogP contribution >= 0.6 is 21.6 Å². The fourth-order valence-electron chi connectivity index (χ4n) is 11.2. The van der Waals surface area contributed by atoms with Gasteiger partial charge in [-0.3, -0.25) is 57.5 Å². The van der Waals surface area contributed by atoms with Gasteiger partial charge >= 0.3 is 23.9 Å². The third-order valence-corrected chi connectivity index (χ3v) is 20.6. The van der Waals surface area contributed by atoms with Crippen molar-refractivity contribution in [3.63, 3.8) is 0 Å². The number of ether oxygens (including phenoxy) is 1. The van der Waals surface area contributed by atoms with Crippen molar-refractivity contribution in [2.24, 2.45) is 17.8 Å². The summed E-state index contributed by atoms with van der Waals surface area (Å²) in [7, 11) is 1.86. The second-order valence-electron chi connectivity index (χ2n) is 27.8. The maximum absolute atomic E-state index is 14.7. The number of hydrogen-bond donors (Lipinski definition) is 28. The molecule has 0 radical (unpaired) electrons. The number of aliphatic hydroxyl groups is 15. The summed E-state index contributed by atoms with van der Waals surface area (Å²) >= 11 is 0. The molecule has 0 aliphatic carbocycles. The molecule has 3 rings (SSSR count). The van der Waals surface area contributed by atoms with E-state index in [4.69, 9.17) is 21.3 Å². The summed E-state index contributed by atoms with van der Waals surface area (Å²) in [6.45, 7) is -4.47. The van der Waals surface area contributed by atoms with Gasteiger partial charge in [-0.2, -0.15) is 9.97 Å². The number of aromatic nitrogens is 4. The fraction of sp³-hybridized carbons (Fsp3) is 0.634. The van der Waals surface area contributed by atoms with Gasteiger partial charge in [0.2, 0.25) is 41.4 Å². The van der Waals surface area contributed by atoms with Gasteiger partial charge in [0.15, 0.2) is 28.5 Å². The molecule has 1 aromatic carbocycles. The Hall–Kier alpha value is -9.68. The van der Waals surface area contributed by atoms with E-state index < -0.39 is 320 Å². The van der Waals surface area contributed by atoms with Crippen LogP contribution < -0.4 is 54.0 Å². The number of esters is 1. The van der Waals surface area contributed by atoms with Crippen LogP contribution in [0.3, 0.4) is 0 Å². The van der Waals surface area contributed by atoms with E-state index in [-0.39, 0.29) is 61.2 Å². The highest BCUT2D eigenvalue weighted by Crippen LogP contribution is 2.25. The van der Waals surface area contributed by atoms with Crippen molar-refractivity contribution in [3.8, 4) is 0 Å². The molecule has 47 nitrogen and oxygen atoms in total. The normalized spacial score (nSPS) is 16.0. The SMILES string of the molecule is CC(=O)C[C@@H](CCC(=O)NC[C@H](O)[C@@H](O)[C@H](O)[C@H](O)CO)C(=O)N[C@@H](CCC(=O)O)C(=O)C[C@@H](CCC(=O)NC[C@H](O)[C@@H](O)[C@H](O)[C@H](O)CO)C(=O)N[C@@H](CCC(=O)O)C(=O)C[C@@H](CCC(=O)NC[C@H](O)[C@@H](O)[C@H](O)[C@H](O)CO)C(=O)N[C@@H](CSSCCOC(=O)CCCNC(=O)c1ccc(NCc2cnc3nc(N)nc(N)c3n2)cc1)C(=O)O. The molecule has 0 spiro atoms. The summed E-state index contributed by atoms with van der Waals surface area (Å²) < 4.78 is 5.27. The number of anilines is 3. The zero-order valence-corrected chi connectivity index (χ0v) is 66.7. The lowest BCUT2D eigenvalue weighted by Gasteiger charge is -2.26. The van der Waals surface area contributed by atoms with E-state index in [1.165, 1.54) is 6.20 Å². The molecule has 0 saturated heterocycles. The topological polar surface area (TPSA) is 812 Å². The molecular formula is C71H108N14O33S2. The molecule has 3 aromatic rings. The first-order chi connectivity index (χ1) is 56.6. The maximum Gasteiger partial charge on any atom is 0.327 e. The molecule has 672 valence electrons. The predicted octanol–water partition coefficient (Wildman–Crippen LogP) is -9.36. The van der Waals surface area contributed by atoms with Gasteiger partial charge in [0.25, 0.3) is 5.91 Å². The van der Waals surface area contributed by atoms with E-state index in [0.29, 0.717) is 16.9 Å². The van der Waals surface area contributed by atoms with Crippen molar-refractivity contribution >= 4 is 133 Å². The zero-order chi connectivity index (χ0) is 90.0. The molecular weight excluding hydrogens is 1640 g/mol. The number of hydrogen-bond acceptors (Lipinski definition) is 39. The Balaban J connectivity index is 1.85. The third kappa shape index (κ3) is 38.4. The lowest BCUT2D eigenvalue weighted by Crippen LogP contribution is -2.50. The number of aliphatic carboxylic acids is 3. The number of nitrogen functional groups attached to an aromatic ring is 2. The number of amides is 7. The predicted molar refractivity (Wildman–Crippen MR) is 417 cm³/mol. The molecule has 0 bridgehead atoms. The average Bonchev–Trinajstić information content (AvgIpc) is 0.806. The van der Waals surface area contributed by atoms with Crippen molar-refractivity contribution in [1.29, 1.82) is 0 Å². The van der Waals surface area contributed by atoms with Crippen LogP contribution in [-0.2, 0) is 73.6 Å². The van der Waals surface area contributed by atoms with Crippen LogP contribution in [0.15, 0.2) is 30.5 Å². The largest absolute Gasteiger partial charge is 0.481 e. The first kappa shape index (κ1) is 105. The molecule has 0 aliphatic heterocycles. The summed E-state index contributed by atoms with van der Waals surface area (Å²) in [6.07, 6.45) is -33.4. The summed E-state index contributed by atoms with van der Waals surface area (Å²) in [5, 5.41) is 198. The molecule has 0 fully saturated rings. The van der Waals surface area contributed by atoms with Crippen LogP contribution in [0.4, 0.5) is 17.5 Å². The monoisotopic (exact) mass is 1750 g/mol. The quantitative estimate of drug-likeness (QED) is 0.0142. The number of carboxylic acid groups (broad SMARTS) is 3. The summed E-state index contributed by atoms with van der Waals surface area (Å²) in [6, 6.07) is 0.756. The number of carboxylic acids is 3. The number of nitrogens with zero attached hydrogens (tertiary/aromatic N) is 4. The number of fused-ring (bicyclic) bond motifs is 1. The van der Waals surface area contributed by atoms with Crippen LogP contribution in [0, 0.1) is 17.8 Å². The molecule has 7 amide bonds. The highest BCUT2D eigenvalue weighted by Gasteiger charge is 2.38. The molecule has 0 aliphatic rings. The number of carbonyl (C=O) groups is 14. The van der Waals surface area contributed by atoms with Gasteiger partial charge in [-0.1, -0.05) is 21.6 Å². The number of benzene rings is 1. The second kappa shape index (κ2) is 54.6. The molecule has 49 heteroatoms. The van der Waals surface area contributed by atoms with Crippen molar-refractivity contribution in [2.75, 3.05) is 80.9 Å². The number of rotatable bonds is 62. The zero-order valence-electron chi connectivity index (χ0n) is 65.1. The van der Waals surface area contributed by atoms with E-state index in [1.54, 1.807) is 24.3 Å². The molecule has 0 unspecified atom stereocenters. The Kier molecular flexibility index (Phi) is 47.5. The number of carbonyl (C=O) groups excluding carboxylic acids is 11. The van der Waals surface area contributed by atoms with Crippen LogP contribution in [0.5, 0.6) is 0 Å². The molecule has 18 atom stereocenters. The maximum atomic E-state index is 14.7. The van der Waals surface area contributed by atoms with Crippen LogP contribution in [0.1, 0.15) is 119 Å². The Bertz CT molecular complexity index is 3870. The van der Waals surface area contributed by atoms with E-state index >= 15 is 0 Å². The van der Waals surface area contributed by atoms with Crippen molar-refractivity contribution < 1.29 is 164 Å². The number of Topliss-reactive ketones (excluding diaryl/α,β-unsaturated/α-hetero) is 3. The molecule has 120 heavy (non-hydrogen) atoms. The fourth-order valence-corrected chi connectivity index (χ4v) is 13.1. The molecule has 0 saturated carbocycles. The van der Waals surface area contributed by atoms with Gasteiger partial charge in [-0.05, 0) is 69.7 Å². The van der Waals surface area contributed by atoms with Gasteiger partial charge in [0.05, 0.1) is 68.7 Å². The van der Waals surface area contributed by atoms with Crippen LogP contribution in [-0.4, -0.2) is 350 Å². The highest BCUT2D eigenvalue weighted by atomic mass is 33.1. The number of ketones is 3. The van der Waals surface area contributed by atoms with E-state index in [2.05, 4.69) is 62.5 Å². The Morgan fingerprint density at radius 3 is 1.31 bits per heavy atom. The molecule has 30 N–H and O–H groups in total. The Morgan fingerprint density at radius 2 is 0.900 bits per heavy atom. The lowest BCUT2D eigenvalue weighted by molar-refractivity contribution is -0.143. The minimum atomic E-state index is -2.19.